The minimum Gasteiger partial charge on any atom is -0.454 e. The van der Waals surface area contributed by atoms with E-state index in [0.717, 1.165) is 85.3 Å². The molecule has 0 fully saturated rings. The normalized spacial score (nSPS) is 15.5. The number of aryl methyl sites for hydroxylation is 1. The lowest BCUT2D eigenvalue weighted by atomic mass is 9.45. The lowest BCUT2D eigenvalue weighted by Gasteiger charge is -2.44. The number of rotatable bonds is 4. The van der Waals surface area contributed by atoms with Gasteiger partial charge in [0.2, 0.25) is 0 Å². The van der Waals surface area contributed by atoms with Gasteiger partial charge in [-0.3, -0.25) is 0 Å². The molecule has 0 N–H and O–H groups in total. The molecule has 14 rings (SSSR count). The summed E-state index contributed by atoms with van der Waals surface area (Å²) in [6.07, 6.45) is 2.29. The number of aromatic nitrogens is 1. The summed E-state index contributed by atoms with van der Waals surface area (Å²) in [5, 5.41) is 5.72. The van der Waals surface area contributed by atoms with Gasteiger partial charge in [0.25, 0.3) is 0 Å². The summed E-state index contributed by atoms with van der Waals surface area (Å²) in [5.74, 6) is 0. The van der Waals surface area contributed by atoms with Crippen LogP contribution in [0.4, 0.5) is 34.1 Å². The molecular weight excluding hydrogens is 793 g/mol. The van der Waals surface area contributed by atoms with E-state index in [4.69, 9.17) is 8.83 Å². The van der Waals surface area contributed by atoms with Crippen molar-refractivity contribution in [2.75, 3.05) is 9.80 Å². The van der Waals surface area contributed by atoms with E-state index < -0.39 is 0 Å². The Kier molecular flexibility index (Phi) is 7.31. The van der Waals surface area contributed by atoms with Crippen LogP contribution < -0.4 is 20.7 Å². The zero-order valence-electron chi connectivity index (χ0n) is 37.2. The Morgan fingerprint density at radius 3 is 1.89 bits per heavy atom. The molecule has 0 atom stereocenters. The smallest absolute Gasteiger partial charge is 0.336 e. The number of benzene rings is 8. The van der Waals surface area contributed by atoms with E-state index in [9.17, 15) is 0 Å². The van der Waals surface area contributed by atoms with Gasteiger partial charge >= 0.3 is 6.85 Å². The third-order valence-electron chi connectivity index (χ3n) is 15.3. The highest BCUT2D eigenvalue weighted by Crippen LogP contribution is 2.54. The zero-order valence-corrected chi connectivity index (χ0v) is 37.2. The number of furan rings is 2. The third-order valence-corrected chi connectivity index (χ3v) is 15.3. The van der Waals surface area contributed by atoms with Gasteiger partial charge in [-0.05, 0) is 118 Å². The number of para-hydroxylation sites is 5. The summed E-state index contributed by atoms with van der Waals surface area (Å²) in [6.45, 7) is 11.8. The van der Waals surface area contributed by atoms with Crippen LogP contribution in [0.15, 0.2) is 173 Å². The average molecular weight is 840 g/mol. The highest BCUT2D eigenvalue weighted by Gasteiger charge is 2.47. The van der Waals surface area contributed by atoms with Gasteiger partial charge in [0.05, 0.1) is 11.1 Å². The molecule has 0 radical (unpaired) electrons. The van der Waals surface area contributed by atoms with Crippen LogP contribution in [0.5, 0.6) is 0 Å². The molecule has 2 aliphatic heterocycles. The molecule has 5 heterocycles. The first-order chi connectivity index (χ1) is 31.7. The highest BCUT2D eigenvalue weighted by atomic mass is 16.3. The quantitative estimate of drug-likeness (QED) is 0.166. The minimum absolute atomic E-state index is 0.00110. The Morgan fingerprint density at radius 2 is 1.17 bits per heavy atom. The molecule has 3 aromatic heterocycles. The zero-order chi connectivity index (χ0) is 43.5. The van der Waals surface area contributed by atoms with Crippen molar-refractivity contribution < 1.29 is 8.83 Å². The molecule has 6 heteroatoms. The molecule has 3 aliphatic rings. The first kappa shape index (κ1) is 37.0. The predicted molar refractivity (Wildman–Crippen MR) is 272 cm³/mol. The van der Waals surface area contributed by atoms with Crippen LogP contribution in [0.2, 0.25) is 0 Å². The van der Waals surface area contributed by atoms with Gasteiger partial charge in [0.1, 0.15) is 11.2 Å². The van der Waals surface area contributed by atoms with Gasteiger partial charge in [-0.2, -0.15) is 0 Å². The van der Waals surface area contributed by atoms with Crippen LogP contribution in [0.1, 0.15) is 57.2 Å². The largest absolute Gasteiger partial charge is 0.454 e. The lowest BCUT2D eigenvalue weighted by molar-refractivity contribution is 0.332. The van der Waals surface area contributed by atoms with E-state index >= 15 is 0 Å². The molecule has 0 saturated heterocycles. The molecular formula is C59H46BN3O2. The summed E-state index contributed by atoms with van der Waals surface area (Å²) in [6, 6.07) is 60.1. The van der Waals surface area contributed by atoms with E-state index in [-0.39, 0.29) is 17.7 Å². The summed E-state index contributed by atoms with van der Waals surface area (Å²) in [4.78, 5) is 5.00. The number of hydrogen-bond donors (Lipinski definition) is 0. The van der Waals surface area contributed by atoms with Crippen LogP contribution in [0, 0.1) is 6.92 Å². The van der Waals surface area contributed by atoms with Crippen molar-refractivity contribution in [3.63, 3.8) is 0 Å². The van der Waals surface area contributed by atoms with Gasteiger partial charge in [0, 0.05) is 61.1 Å². The topological polar surface area (TPSA) is 37.7 Å². The number of anilines is 6. The van der Waals surface area contributed by atoms with Gasteiger partial charge in [-0.1, -0.05) is 137 Å². The Morgan fingerprint density at radius 1 is 0.538 bits per heavy atom. The maximum absolute atomic E-state index is 7.18. The fraction of sp³-hybridized carbons (Fsp3) is 0.153. The Bertz CT molecular complexity index is 3780. The molecule has 8 aromatic carbocycles. The average Bonchev–Trinajstić information content (AvgIpc) is 4.00. The van der Waals surface area contributed by atoms with Crippen molar-refractivity contribution in [3.05, 3.63) is 180 Å². The first-order valence-electron chi connectivity index (χ1n) is 23.1. The van der Waals surface area contributed by atoms with Crippen LogP contribution in [-0.2, 0) is 10.8 Å². The Hall–Kier alpha value is -7.44. The van der Waals surface area contributed by atoms with Crippen LogP contribution in [-0.4, -0.2) is 11.3 Å². The molecule has 11 aromatic rings. The van der Waals surface area contributed by atoms with Gasteiger partial charge in [-0.15, -0.1) is 0 Å². The van der Waals surface area contributed by atoms with Crippen molar-refractivity contribution in [1.29, 1.82) is 0 Å². The number of nitrogens with zero attached hydrogens (tertiary/aromatic N) is 3. The lowest BCUT2D eigenvalue weighted by Crippen LogP contribution is -2.56. The fourth-order valence-corrected chi connectivity index (χ4v) is 12.1. The van der Waals surface area contributed by atoms with Crippen molar-refractivity contribution in [2.45, 2.75) is 58.3 Å². The maximum Gasteiger partial charge on any atom is 0.336 e. The fourth-order valence-electron chi connectivity index (χ4n) is 12.1. The summed E-state index contributed by atoms with van der Waals surface area (Å²) in [5.41, 5.74) is 20.5. The number of fused-ring (bicyclic) bond motifs is 14. The van der Waals surface area contributed by atoms with Crippen molar-refractivity contribution in [2.24, 2.45) is 0 Å². The molecule has 0 spiro atoms. The Labute approximate surface area is 378 Å². The molecule has 0 bridgehead atoms. The van der Waals surface area contributed by atoms with E-state index in [1.54, 1.807) is 0 Å². The third kappa shape index (κ3) is 4.94. The van der Waals surface area contributed by atoms with E-state index in [0.29, 0.717) is 0 Å². The molecule has 0 unspecified atom stereocenters. The molecule has 65 heavy (non-hydrogen) atoms. The second-order valence-corrected chi connectivity index (χ2v) is 20.0. The minimum atomic E-state index is -0.219. The van der Waals surface area contributed by atoms with Gasteiger partial charge in [0.15, 0.2) is 11.3 Å². The van der Waals surface area contributed by atoms with Crippen molar-refractivity contribution >= 4 is 107 Å². The number of hydrogen-bond acceptors (Lipinski definition) is 4. The standard InChI is InChI=1S/C59H46BN3O2/c1-35-31-45-46(59(4,5)30-29-58(45,2)3)34-48(35)62-49-33-38(61(36-17-8-6-9-18-36)37-19-10-7-11-20-37)32-44-40-23-16-24-43-52-42-22-13-15-26-51(42)65-57(52)63(54(40)43)60(53(44)49)47-28-27-41-39-21-12-14-25-50(39)64-56(41)55(47)62/h6-28,31-34H,29-30H2,1-5H3. The monoisotopic (exact) mass is 839 g/mol. The van der Waals surface area contributed by atoms with Gasteiger partial charge in [-0.25, -0.2) is 0 Å². The second kappa shape index (κ2) is 12.9. The summed E-state index contributed by atoms with van der Waals surface area (Å²) >= 11 is 0. The molecule has 312 valence electrons. The molecule has 5 nitrogen and oxygen atoms in total. The van der Waals surface area contributed by atoms with E-state index in [1.165, 1.54) is 55.3 Å². The van der Waals surface area contributed by atoms with Crippen LogP contribution in [0.25, 0.3) is 66.0 Å². The van der Waals surface area contributed by atoms with Crippen LogP contribution >= 0.6 is 0 Å². The molecule has 1 aliphatic carbocycles. The van der Waals surface area contributed by atoms with E-state index in [2.05, 4.69) is 213 Å². The van der Waals surface area contributed by atoms with E-state index in [1.807, 2.05) is 0 Å². The summed E-state index contributed by atoms with van der Waals surface area (Å²) < 4.78 is 16.7. The first-order valence-corrected chi connectivity index (χ1v) is 23.1. The summed E-state index contributed by atoms with van der Waals surface area (Å²) in [7, 11) is 0. The molecule has 0 amide bonds. The molecule has 0 saturated carbocycles. The second-order valence-electron chi connectivity index (χ2n) is 20.0. The van der Waals surface area contributed by atoms with Crippen LogP contribution in [0.3, 0.4) is 0 Å². The van der Waals surface area contributed by atoms with Gasteiger partial charge < -0.3 is 23.1 Å². The van der Waals surface area contributed by atoms with Crippen molar-refractivity contribution in [1.82, 2.24) is 4.48 Å². The SMILES string of the molecule is Cc1cc2c(cc1N1c3cc(N(c4ccccc4)c4ccccc4)cc4c3B(c3ccc5c(oc6ccccc65)c31)n1c3oc5ccccc5c3c3cccc-4c31)C(C)(C)CCC2(C)C. The highest BCUT2D eigenvalue weighted by molar-refractivity contribution is 6.90. The Balaban J connectivity index is 1.18. The van der Waals surface area contributed by atoms with Crippen molar-refractivity contribution in [3.8, 4) is 11.1 Å². The predicted octanol–water partition coefficient (Wildman–Crippen LogP) is 15.0. The maximum atomic E-state index is 7.18.